The average Bonchev–Trinajstić information content (AvgIpc) is 2.35. The van der Waals surface area contributed by atoms with E-state index >= 15 is 0 Å². The molecule has 1 aromatic carbocycles. The highest BCUT2D eigenvalue weighted by Gasteiger charge is 2.20. The molecule has 0 spiro atoms. The van der Waals surface area contributed by atoms with Gasteiger partial charge in [0.15, 0.2) is 11.5 Å². The molecular formula is C10H11N3O4. The fourth-order valence-electron chi connectivity index (χ4n) is 1.44. The molecule has 7 heteroatoms. The Labute approximate surface area is 96.8 Å². The highest BCUT2D eigenvalue weighted by molar-refractivity contribution is 5.98. The van der Waals surface area contributed by atoms with Gasteiger partial charge in [0.2, 0.25) is 0 Å². The standard InChI is InChI=1S/C10H11N3O4/c11-10(15)13-12-9(14)6-2-1-3-7-8(6)17-5-4-16-7/h1-3H,4-5H2,(H,12,14)(H3,11,13,15). The maximum Gasteiger partial charge on any atom is 0.330 e. The molecule has 7 nitrogen and oxygen atoms in total. The number of nitrogens with one attached hydrogen (secondary N) is 2. The Kier molecular flexibility index (Phi) is 2.99. The molecule has 1 heterocycles. The normalized spacial score (nSPS) is 12.7. The highest BCUT2D eigenvalue weighted by atomic mass is 16.6. The molecule has 0 atom stereocenters. The Balaban J connectivity index is 2.20. The second-order valence-corrected chi connectivity index (χ2v) is 3.27. The Morgan fingerprint density at radius 1 is 1.18 bits per heavy atom. The molecule has 3 amide bonds. The van der Waals surface area contributed by atoms with Crippen molar-refractivity contribution in [2.45, 2.75) is 0 Å². The lowest BCUT2D eigenvalue weighted by atomic mass is 10.1. The number of rotatable bonds is 1. The average molecular weight is 237 g/mol. The summed E-state index contributed by atoms with van der Waals surface area (Å²) in [4.78, 5) is 22.2. The summed E-state index contributed by atoms with van der Waals surface area (Å²) in [5.41, 5.74) is 9.25. The summed E-state index contributed by atoms with van der Waals surface area (Å²) in [6.07, 6.45) is 0. The maximum atomic E-state index is 11.7. The van der Waals surface area contributed by atoms with Gasteiger partial charge >= 0.3 is 6.03 Å². The van der Waals surface area contributed by atoms with Crippen LogP contribution in [0.5, 0.6) is 11.5 Å². The zero-order valence-corrected chi connectivity index (χ0v) is 8.86. The van der Waals surface area contributed by atoms with Gasteiger partial charge in [-0.15, -0.1) is 0 Å². The molecule has 0 aromatic heterocycles. The molecule has 1 aliphatic heterocycles. The summed E-state index contributed by atoms with van der Waals surface area (Å²) in [6.45, 7) is 0.818. The van der Waals surface area contributed by atoms with Crippen molar-refractivity contribution in [2.75, 3.05) is 13.2 Å². The van der Waals surface area contributed by atoms with Crippen LogP contribution in [0.4, 0.5) is 4.79 Å². The van der Waals surface area contributed by atoms with Gasteiger partial charge in [-0.1, -0.05) is 6.07 Å². The smallest absolute Gasteiger partial charge is 0.330 e. The van der Waals surface area contributed by atoms with Gasteiger partial charge in [-0.25, -0.2) is 10.2 Å². The Morgan fingerprint density at radius 2 is 1.94 bits per heavy atom. The Bertz CT molecular complexity index is 461. The van der Waals surface area contributed by atoms with Crippen LogP contribution in [0.15, 0.2) is 18.2 Å². The molecule has 0 radical (unpaired) electrons. The first-order valence-electron chi connectivity index (χ1n) is 4.93. The first-order chi connectivity index (χ1) is 8.18. The number of hydrogen-bond acceptors (Lipinski definition) is 4. The SMILES string of the molecule is NC(=O)NNC(=O)c1cccc2c1OCCO2. The van der Waals surface area contributed by atoms with E-state index in [4.69, 9.17) is 15.2 Å². The molecule has 0 saturated heterocycles. The van der Waals surface area contributed by atoms with Crippen LogP contribution in [0.2, 0.25) is 0 Å². The van der Waals surface area contributed by atoms with Crippen molar-refractivity contribution in [3.8, 4) is 11.5 Å². The summed E-state index contributed by atoms with van der Waals surface area (Å²) in [5.74, 6) is 0.344. The topological polar surface area (TPSA) is 103 Å². The minimum atomic E-state index is -0.847. The summed E-state index contributed by atoms with van der Waals surface area (Å²) >= 11 is 0. The molecule has 0 saturated carbocycles. The number of benzene rings is 1. The molecule has 17 heavy (non-hydrogen) atoms. The molecule has 0 bridgehead atoms. The number of hydrogen-bond donors (Lipinski definition) is 3. The minimum Gasteiger partial charge on any atom is -0.486 e. The number of amides is 3. The second kappa shape index (κ2) is 4.60. The fourth-order valence-corrected chi connectivity index (χ4v) is 1.44. The van der Waals surface area contributed by atoms with Crippen LogP contribution in [0, 0.1) is 0 Å². The highest BCUT2D eigenvalue weighted by Crippen LogP contribution is 2.33. The van der Waals surface area contributed by atoms with Crippen LogP contribution in [0.1, 0.15) is 10.4 Å². The first kappa shape index (κ1) is 11.1. The lowest BCUT2D eigenvalue weighted by molar-refractivity contribution is 0.0926. The van der Waals surface area contributed by atoms with Crippen molar-refractivity contribution in [3.05, 3.63) is 23.8 Å². The van der Waals surface area contributed by atoms with E-state index in [0.717, 1.165) is 0 Å². The third-order valence-electron chi connectivity index (χ3n) is 2.11. The summed E-state index contributed by atoms with van der Waals surface area (Å²) in [6, 6.07) is 4.07. The van der Waals surface area contributed by atoms with E-state index in [0.29, 0.717) is 24.7 Å². The number of carbonyl (C=O) groups is 2. The maximum absolute atomic E-state index is 11.7. The molecule has 4 N–H and O–H groups in total. The van der Waals surface area contributed by atoms with E-state index in [-0.39, 0.29) is 5.56 Å². The number of primary amides is 1. The third kappa shape index (κ3) is 2.39. The van der Waals surface area contributed by atoms with Crippen LogP contribution in [0.3, 0.4) is 0 Å². The van der Waals surface area contributed by atoms with Crippen molar-refractivity contribution in [1.29, 1.82) is 0 Å². The van der Waals surface area contributed by atoms with Crippen LogP contribution < -0.4 is 26.1 Å². The van der Waals surface area contributed by atoms with E-state index in [1.807, 2.05) is 5.43 Å². The van der Waals surface area contributed by atoms with Crippen molar-refractivity contribution >= 4 is 11.9 Å². The van der Waals surface area contributed by atoms with E-state index in [9.17, 15) is 9.59 Å². The second-order valence-electron chi connectivity index (χ2n) is 3.27. The van der Waals surface area contributed by atoms with Gasteiger partial charge in [-0.2, -0.15) is 0 Å². The van der Waals surface area contributed by atoms with E-state index in [2.05, 4.69) is 5.43 Å². The molecule has 1 aliphatic rings. The molecule has 0 aliphatic carbocycles. The van der Waals surface area contributed by atoms with Gasteiger partial charge in [0.25, 0.3) is 5.91 Å². The Hall–Kier alpha value is -2.44. The van der Waals surface area contributed by atoms with Gasteiger partial charge in [0.05, 0.1) is 5.56 Å². The number of ether oxygens (including phenoxy) is 2. The van der Waals surface area contributed by atoms with Crippen molar-refractivity contribution in [1.82, 2.24) is 10.9 Å². The van der Waals surface area contributed by atoms with E-state index in [1.54, 1.807) is 18.2 Å². The molecule has 2 rings (SSSR count). The van der Waals surface area contributed by atoms with Crippen molar-refractivity contribution in [2.24, 2.45) is 5.73 Å². The van der Waals surface area contributed by atoms with E-state index < -0.39 is 11.9 Å². The quantitative estimate of drug-likeness (QED) is 0.587. The predicted molar refractivity (Wildman–Crippen MR) is 57.6 cm³/mol. The molecule has 90 valence electrons. The Morgan fingerprint density at radius 3 is 2.71 bits per heavy atom. The molecular weight excluding hydrogens is 226 g/mol. The molecule has 0 fully saturated rings. The van der Waals surface area contributed by atoms with Gasteiger partial charge in [0, 0.05) is 0 Å². The van der Waals surface area contributed by atoms with Crippen LogP contribution in [0.25, 0.3) is 0 Å². The zero-order chi connectivity index (χ0) is 12.3. The monoisotopic (exact) mass is 237 g/mol. The predicted octanol–water partition coefficient (Wildman–Crippen LogP) is -0.229. The number of hydrazine groups is 1. The van der Waals surface area contributed by atoms with Gasteiger partial charge in [-0.05, 0) is 12.1 Å². The summed E-state index contributed by atoms with van der Waals surface area (Å²) in [5, 5.41) is 0. The largest absolute Gasteiger partial charge is 0.486 e. The van der Waals surface area contributed by atoms with Crippen LogP contribution in [-0.4, -0.2) is 25.2 Å². The van der Waals surface area contributed by atoms with Crippen LogP contribution >= 0.6 is 0 Å². The summed E-state index contributed by atoms with van der Waals surface area (Å²) < 4.78 is 10.7. The fraction of sp³-hybridized carbons (Fsp3) is 0.200. The van der Waals surface area contributed by atoms with Gasteiger partial charge in [0.1, 0.15) is 13.2 Å². The number of fused-ring (bicyclic) bond motifs is 1. The van der Waals surface area contributed by atoms with Gasteiger partial charge in [-0.3, -0.25) is 10.2 Å². The minimum absolute atomic E-state index is 0.274. The van der Waals surface area contributed by atoms with Crippen molar-refractivity contribution in [3.63, 3.8) is 0 Å². The van der Waals surface area contributed by atoms with Gasteiger partial charge < -0.3 is 15.2 Å². The molecule has 1 aromatic rings. The number of carbonyl (C=O) groups excluding carboxylic acids is 2. The number of nitrogens with two attached hydrogens (primary N) is 1. The lowest BCUT2D eigenvalue weighted by Gasteiger charge is -2.20. The van der Waals surface area contributed by atoms with Crippen molar-refractivity contribution < 1.29 is 19.1 Å². The molecule has 0 unspecified atom stereocenters. The van der Waals surface area contributed by atoms with E-state index in [1.165, 1.54) is 0 Å². The van der Waals surface area contributed by atoms with Crippen LogP contribution in [-0.2, 0) is 0 Å². The first-order valence-corrected chi connectivity index (χ1v) is 4.93. The number of para-hydroxylation sites is 1. The third-order valence-corrected chi connectivity index (χ3v) is 2.11. The summed E-state index contributed by atoms with van der Waals surface area (Å²) in [7, 11) is 0. The zero-order valence-electron chi connectivity index (χ0n) is 8.86. The lowest BCUT2D eigenvalue weighted by Crippen LogP contribution is -2.44. The number of urea groups is 1.